The number of amides is 2. The zero-order valence-corrected chi connectivity index (χ0v) is 11.4. The first kappa shape index (κ1) is 13.2. The van der Waals surface area contributed by atoms with Crippen LogP contribution in [0.5, 0.6) is 5.75 Å². The van der Waals surface area contributed by atoms with Gasteiger partial charge in [0.2, 0.25) is 0 Å². The van der Waals surface area contributed by atoms with Crippen molar-refractivity contribution < 1.29 is 14.6 Å². The summed E-state index contributed by atoms with van der Waals surface area (Å²) in [5.74, 6) is 0.715. The molecular formula is C12H15BrN2O3. The fourth-order valence-electron chi connectivity index (χ4n) is 1.75. The van der Waals surface area contributed by atoms with Crippen LogP contribution in [-0.4, -0.2) is 42.3 Å². The summed E-state index contributed by atoms with van der Waals surface area (Å²) in [4.78, 5) is 13.0. The first-order valence-electron chi connectivity index (χ1n) is 5.75. The van der Waals surface area contributed by atoms with E-state index < -0.39 is 0 Å². The van der Waals surface area contributed by atoms with Gasteiger partial charge in [-0.3, -0.25) is 0 Å². The van der Waals surface area contributed by atoms with Gasteiger partial charge >= 0.3 is 6.03 Å². The Morgan fingerprint density at radius 2 is 2.33 bits per heavy atom. The van der Waals surface area contributed by atoms with E-state index in [0.717, 1.165) is 16.6 Å². The summed E-state index contributed by atoms with van der Waals surface area (Å²) in [6, 6.07) is 5.40. The molecular weight excluding hydrogens is 300 g/mol. The Morgan fingerprint density at radius 1 is 1.50 bits per heavy atom. The molecule has 0 spiro atoms. The van der Waals surface area contributed by atoms with Crippen molar-refractivity contribution in [3.63, 3.8) is 0 Å². The summed E-state index contributed by atoms with van der Waals surface area (Å²) in [5, 5.41) is 11.7. The Morgan fingerprint density at radius 3 is 2.94 bits per heavy atom. The summed E-state index contributed by atoms with van der Waals surface area (Å²) in [7, 11) is 0. The van der Waals surface area contributed by atoms with E-state index >= 15 is 0 Å². The molecule has 2 amide bonds. The van der Waals surface area contributed by atoms with Crippen molar-refractivity contribution in [1.82, 2.24) is 10.2 Å². The average Bonchev–Trinajstić information content (AvgIpc) is 2.77. The third-order valence-corrected chi connectivity index (χ3v) is 3.36. The monoisotopic (exact) mass is 314 g/mol. The molecule has 1 aromatic carbocycles. The normalized spacial score (nSPS) is 14.8. The van der Waals surface area contributed by atoms with Gasteiger partial charge in [0.25, 0.3) is 0 Å². The molecule has 0 radical (unpaired) electrons. The summed E-state index contributed by atoms with van der Waals surface area (Å²) in [5.41, 5.74) is 0.827. The maximum Gasteiger partial charge on any atom is 0.317 e. The van der Waals surface area contributed by atoms with Gasteiger partial charge in [-0.15, -0.1) is 0 Å². The number of halogens is 1. The number of benzene rings is 1. The number of rotatable bonds is 5. The van der Waals surface area contributed by atoms with Gasteiger partial charge in [-0.1, -0.05) is 6.07 Å². The highest BCUT2D eigenvalue weighted by molar-refractivity contribution is 9.10. The van der Waals surface area contributed by atoms with Crippen molar-refractivity contribution in [1.29, 1.82) is 0 Å². The maximum absolute atomic E-state index is 11.3. The number of hydrogen-bond acceptors (Lipinski definition) is 3. The lowest BCUT2D eigenvalue weighted by molar-refractivity contribution is 0.202. The first-order chi connectivity index (χ1) is 8.70. The van der Waals surface area contributed by atoms with Crippen molar-refractivity contribution in [2.45, 2.75) is 6.61 Å². The first-order valence-corrected chi connectivity index (χ1v) is 6.55. The fourth-order valence-corrected chi connectivity index (χ4v) is 2.29. The molecule has 2 rings (SSSR count). The molecule has 18 heavy (non-hydrogen) atoms. The van der Waals surface area contributed by atoms with Crippen LogP contribution in [0.25, 0.3) is 0 Å². The number of aliphatic hydroxyl groups is 1. The minimum Gasteiger partial charge on any atom is -0.491 e. The van der Waals surface area contributed by atoms with Crippen molar-refractivity contribution in [3.8, 4) is 5.75 Å². The molecule has 5 nitrogen and oxygen atoms in total. The van der Waals surface area contributed by atoms with Crippen LogP contribution in [0.4, 0.5) is 4.79 Å². The molecule has 1 aliphatic heterocycles. The number of ether oxygens (including phenoxy) is 1. The summed E-state index contributed by atoms with van der Waals surface area (Å²) in [6.07, 6.45) is 0. The van der Waals surface area contributed by atoms with E-state index in [0.29, 0.717) is 25.4 Å². The standard InChI is InChI=1S/C12H15BrN2O3/c13-10-7-9(8-16)1-2-11(10)18-6-5-15-4-3-14-12(15)17/h1-2,7,16H,3-6,8H2,(H,14,17). The van der Waals surface area contributed by atoms with E-state index in [4.69, 9.17) is 9.84 Å². The van der Waals surface area contributed by atoms with Crippen LogP contribution in [0.2, 0.25) is 0 Å². The third kappa shape index (κ3) is 3.14. The van der Waals surface area contributed by atoms with Gasteiger partial charge in [0.15, 0.2) is 0 Å². The van der Waals surface area contributed by atoms with E-state index in [-0.39, 0.29) is 12.6 Å². The molecule has 0 atom stereocenters. The molecule has 1 aliphatic rings. The van der Waals surface area contributed by atoms with Crippen LogP contribution in [0.15, 0.2) is 22.7 Å². The lowest BCUT2D eigenvalue weighted by Gasteiger charge is -2.15. The lowest BCUT2D eigenvalue weighted by Crippen LogP contribution is -2.31. The Bertz CT molecular complexity index is 439. The van der Waals surface area contributed by atoms with E-state index in [9.17, 15) is 4.79 Å². The van der Waals surface area contributed by atoms with Gasteiger partial charge < -0.3 is 20.1 Å². The number of carbonyl (C=O) groups excluding carboxylic acids is 1. The van der Waals surface area contributed by atoms with Gasteiger partial charge in [-0.2, -0.15) is 0 Å². The molecule has 1 aromatic rings. The predicted molar refractivity (Wildman–Crippen MR) is 70.5 cm³/mol. The quantitative estimate of drug-likeness (QED) is 0.862. The predicted octanol–water partition coefficient (Wildman–Crippen LogP) is 1.35. The Balaban J connectivity index is 1.84. The highest BCUT2D eigenvalue weighted by atomic mass is 79.9. The highest BCUT2D eigenvalue weighted by Crippen LogP contribution is 2.26. The van der Waals surface area contributed by atoms with E-state index in [1.54, 1.807) is 11.0 Å². The molecule has 0 saturated carbocycles. The number of carbonyl (C=O) groups is 1. The van der Waals surface area contributed by atoms with Crippen LogP contribution < -0.4 is 10.1 Å². The summed E-state index contributed by atoms with van der Waals surface area (Å²) >= 11 is 3.38. The minimum atomic E-state index is -0.0340. The zero-order chi connectivity index (χ0) is 13.0. The van der Waals surface area contributed by atoms with Crippen LogP contribution in [-0.2, 0) is 6.61 Å². The largest absolute Gasteiger partial charge is 0.491 e. The third-order valence-electron chi connectivity index (χ3n) is 2.74. The molecule has 0 unspecified atom stereocenters. The SMILES string of the molecule is O=C1NCCN1CCOc1ccc(CO)cc1Br. The van der Waals surface area contributed by atoms with Gasteiger partial charge in [-0.05, 0) is 33.6 Å². The smallest absolute Gasteiger partial charge is 0.317 e. The highest BCUT2D eigenvalue weighted by Gasteiger charge is 2.18. The van der Waals surface area contributed by atoms with Crippen LogP contribution in [0, 0.1) is 0 Å². The van der Waals surface area contributed by atoms with E-state index in [1.165, 1.54) is 0 Å². The number of nitrogens with zero attached hydrogens (tertiary/aromatic N) is 1. The molecule has 0 aliphatic carbocycles. The fraction of sp³-hybridized carbons (Fsp3) is 0.417. The maximum atomic E-state index is 11.3. The van der Waals surface area contributed by atoms with Gasteiger partial charge in [0.1, 0.15) is 12.4 Å². The molecule has 1 saturated heterocycles. The van der Waals surface area contributed by atoms with Crippen molar-refractivity contribution in [2.24, 2.45) is 0 Å². The molecule has 2 N–H and O–H groups in total. The Kier molecular flexibility index (Phi) is 4.43. The molecule has 0 bridgehead atoms. The molecule has 98 valence electrons. The van der Waals surface area contributed by atoms with Gasteiger partial charge in [0.05, 0.1) is 17.6 Å². The minimum absolute atomic E-state index is 0.00677. The van der Waals surface area contributed by atoms with Crippen molar-refractivity contribution >= 4 is 22.0 Å². The number of hydrogen-bond donors (Lipinski definition) is 2. The van der Waals surface area contributed by atoms with Crippen LogP contribution >= 0.6 is 15.9 Å². The zero-order valence-electron chi connectivity index (χ0n) is 9.86. The molecule has 1 heterocycles. The molecule has 6 heteroatoms. The topological polar surface area (TPSA) is 61.8 Å². The second-order valence-corrected chi connectivity index (χ2v) is 4.84. The van der Waals surface area contributed by atoms with E-state index in [1.807, 2.05) is 12.1 Å². The number of aliphatic hydroxyl groups excluding tert-OH is 1. The molecule has 1 fully saturated rings. The average molecular weight is 315 g/mol. The van der Waals surface area contributed by atoms with Crippen LogP contribution in [0.3, 0.4) is 0 Å². The number of urea groups is 1. The van der Waals surface area contributed by atoms with Gasteiger partial charge in [-0.25, -0.2) is 4.79 Å². The molecule has 0 aromatic heterocycles. The second kappa shape index (κ2) is 6.06. The van der Waals surface area contributed by atoms with E-state index in [2.05, 4.69) is 21.2 Å². The van der Waals surface area contributed by atoms with Crippen molar-refractivity contribution in [3.05, 3.63) is 28.2 Å². The van der Waals surface area contributed by atoms with Gasteiger partial charge in [0, 0.05) is 13.1 Å². The Hall–Kier alpha value is -1.27. The number of nitrogens with one attached hydrogen (secondary N) is 1. The summed E-state index contributed by atoms with van der Waals surface area (Å²) < 4.78 is 6.40. The second-order valence-electron chi connectivity index (χ2n) is 3.99. The Labute approximate surface area is 114 Å². The summed E-state index contributed by atoms with van der Waals surface area (Å²) in [6.45, 7) is 2.46. The van der Waals surface area contributed by atoms with Crippen LogP contribution in [0.1, 0.15) is 5.56 Å². The van der Waals surface area contributed by atoms with Crippen molar-refractivity contribution in [2.75, 3.05) is 26.2 Å². The lowest BCUT2D eigenvalue weighted by atomic mass is 10.2.